The third kappa shape index (κ3) is 1.99. The number of fused-ring (bicyclic) bond motifs is 1. The summed E-state index contributed by atoms with van der Waals surface area (Å²) in [5.41, 5.74) is 6.96. The van der Waals surface area contributed by atoms with Crippen LogP contribution in [0.4, 0.5) is 4.39 Å². The molecule has 3 rings (SSSR count). The van der Waals surface area contributed by atoms with Crippen molar-refractivity contribution in [1.82, 2.24) is 4.90 Å². The van der Waals surface area contributed by atoms with Gasteiger partial charge in [-0.2, -0.15) is 0 Å². The molecule has 2 aliphatic heterocycles. The number of piperidine rings is 1. The average Bonchev–Trinajstić information content (AvgIpc) is 2.33. The van der Waals surface area contributed by atoms with Gasteiger partial charge in [-0.1, -0.05) is 6.07 Å². The van der Waals surface area contributed by atoms with E-state index in [1.54, 1.807) is 6.07 Å². The second-order valence-electron chi connectivity index (χ2n) is 5.58. The molecule has 0 radical (unpaired) electrons. The Bertz CT molecular complexity index is 455. The van der Waals surface area contributed by atoms with Gasteiger partial charge < -0.3 is 15.4 Å². The molecule has 1 spiro atoms. The van der Waals surface area contributed by atoms with E-state index < -0.39 is 0 Å². The van der Waals surface area contributed by atoms with Crippen LogP contribution in [-0.4, -0.2) is 30.6 Å². The molecule has 1 fully saturated rings. The molecule has 1 atom stereocenters. The van der Waals surface area contributed by atoms with Gasteiger partial charge in [0.1, 0.15) is 17.2 Å². The quantitative estimate of drug-likeness (QED) is 0.766. The summed E-state index contributed by atoms with van der Waals surface area (Å²) >= 11 is 0. The van der Waals surface area contributed by atoms with E-state index in [4.69, 9.17) is 10.5 Å². The normalized spacial score (nSPS) is 26.7. The molecule has 3 nitrogen and oxygen atoms in total. The van der Waals surface area contributed by atoms with Crippen LogP contribution < -0.4 is 10.5 Å². The molecule has 0 aliphatic carbocycles. The van der Waals surface area contributed by atoms with E-state index in [0.29, 0.717) is 5.75 Å². The van der Waals surface area contributed by atoms with Gasteiger partial charge in [0.25, 0.3) is 0 Å². The number of hydrogen-bond acceptors (Lipinski definition) is 3. The summed E-state index contributed by atoms with van der Waals surface area (Å²) in [5.74, 6) is 0.379. The molecule has 2 aliphatic rings. The Balaban J connectivity index is 1.90. The lowest BCUT2D eigenvalue weighted by Crippen LogP contribution is -2.50. The van der Waals surface area contributed by atoms with E-state index >= 15 is 0 Å². The smallest absolute Gasteiger partial charge is 0.127 e. The van der Waals surface area contributed by atoms with E-state index in [9.17, 15) is 4.39 Å². The van der Waals surface area contributed by atoms with Crippen molar-refractivity contribution in [3.05, 3.63) is 29.6 Å². The lowest BCUT2D eigenvalue weighted by Gasteiger charge is -2.45. The van der Waals surface area contributed by atoms with Crippen LogP contribution in [0.25, 0.3) is 0 Å². The lowest BCUT2D eigenvalue weighted by atomic mass is 9.81. The van der Waals surface area contributed by atoms with E-state index in [-0.39, 0.29) is 17.5 Å². The van der Waals surface area contributed by atoms with E-state index in [1.165, 1.54) is 12.1 Å². The SMILES string of the molecule is CN1CCC2(CC1)C[C@@H](N)c1ccc(F)cc1O2. The first-order valence-corrected chi connectivity index (χ1v) is 6.51. The number of nitrogens with zero attached hydrogens (tertiary/aromatic N) is 1. The number of halogens is 1. The van der Waals surface area contributed by atoms with Crippen molar-refractivity contribution in [1.29, 1.82) is 0 Å². The second kappa shape index (κ2) is 4.21. The van der Waals surface area contributed by atoms with Crippen LogP contribution in [0, 0.1) is 5.82 Å². The number of benzene rings is 1. The predicted molar refractivity (Wildman–Crippen MR) is 68.0 cm³/mol. The van der Waals surface area contributed by atoms with E-state index in [2.05, 4.69) is 11.9 Å². The molecule has 1 aromatic rings. The maximum Gasteiger partial charge on any atom is 0.127 e. The molecule has 0 unspecified atom stereocenters. The molecule has 1 aromatic carbocycles. The van der Waals surface area contributed by atoms with Crippen LogP contribution in [0.1, 0.15) is 30.9 Å². The number of nitrogens with two attached hydrogens (primary N) is 1. The van der Waals surface area contributed by atoms with Gasteiger partial charge in [-0.15, -0.1) is 0 Å². The Morgan fingerprint density at radius 1 is 1.39 bits per heavy atom. The van der Waals surface area contributed by atoms with Crippen LogP contribution in [-0.2, 0) is 0 Å². The van der Waals surface area contributed by atoms with Crippen molar-refractivity contribution in [3.8, 4) is 5.75 Å². The molecule has 2 N–H and O–H groups in total. The molecular formula is C14H19FN2O. The van der Waals surface area contributed by atoms with Gasteiger partial charge in [-0.05, 0) is 26.0 Å². The Hall–Kier alpha value is -1.13. The summed E-state index contributed by atoms with van der Waals surface area (Å²) in [5, 5.41) is 0. The zero-order valence-corrected chi connectivity index (χ0v) is 10.7. The van der Waals surface area contributed by atoms with Gasteiger partial charge in [0.2, 0.25) is 0 Å². The molecule has 0 bridgehead atoms. The zero-order chi connectivity index (χ0) is 12.8. The van der Waals surface area contributed by atoms with Crippen molar-refractivity contribution in [2.75, 3.05) is 20.1 Å². The van der Waals surface area contributed by atoms with Gasteiger partial charge in [0, 0.05) is 37.2 Å². The lowest BCUT2D eigenvalue weighted by molar-refractivity contribution is -0.0166. The van der Waals surface area contributed by atoms with Crippen molar-refractivity contribution in [2.24, 2.45) is 5.73 Å². The first kappa shape index (κ1) is 11.9. The van der Waals surface area contributed by atoms with E-state index in [1.807, 2.05) is 0 Å². The molecule has 2 heterocycles. The van der Waals surface area contributed by atoms with Gasteiger partial charge in [-0.3, -0.25) is 0 Å². The van der Waals surface area contributed by atoms with Crippen LogP contribution in [0.3, 0.4) is 0 Å². The fourth-order valence-corrected chi connectivity index (χ4v) is 3.02. The summed E-state index contributed by atoms with van der Waals surface area (Å²) in [6.45, 7) is 2.02. The summed E-state index contributed by atoms with van der Waals surface area (Å²) in [6, 6.07) is 4.62. The van der Waals surface area contributed by atoms with Crippen LogP contribution >= 0.6 is 0 Å². The molecule has 0 saturated carbocycles. The molecule has 4 heteroatoms. The molecule has 1 saturated heterocycles. The van der Waals surface area contributed by atoms with Crippen molar-refractivity contribution in [2.45, 2.75) is 30.9 Å². The average molecular weight is 250 g/mol. The summed E-state index contributed by atoms with van der Waals surface area (Å²) < 4.78 is 19.4. The van der Waals surface area contributed by atoms with Crippen LogP contribution in [0.15, 0.2) is 18.2 Å². The number of rotatable bonds is 0. The summed E-state index contributed by atoms with van der Waals surface area (Å²) in [7, 11) is 2.11. The minimum Gasteiger partial charge on any atom is -0.487 e. The topological polar surface area (TPSA) is 38.5 Å². The highest BCUT2D eigenvalue weighted by Crippen LogP contribution is 2.43. The fourth-order valence-electron chi connectivity index (χ4n) is 3.02. The Labute approximate surface area is 107 Å². The first-order valence-electron chi connectivity index (χ1n) is 6.51. The minimum atomic E-state index is -0.258. The first-order chi connectivity index (χ1) is 8.58. The molecule has 0 amide bonds. The monoisotopic (exact) mass is 250 g/mol. The van der Waals surface area contributed by atoms with Crippen molar-refractivity contribution >= 4 is 0 Å². The van der Waals surface area contributed by atoms with Crippen LogP contribution in [0.5, 0.6) is 5.75 Å². The Morgan fingerprint density at radius 2 is 2.11 bits per heavy atom. The summed E-state index contributed by atoms with van der Waals surface area (Å²) in [4.78, 5) is 2.29. The van der Waals surface area contributed by atoms with Gasteiger partial charge in [-0.25, -0.2) is 4.39 Å². The van der Waals surface area contributed by atoms with Gasteiger partial charge in [0.15, 0.2) is 0 Å². The molecule has 18 heavy (non-hydrogen) atoms. The summed E-state index contributed by atoms with van der Waals surface area (Å²) in [6.07, 6.45) is 2.76. The predicted octanol–water partition coefficient (Wildman–Crippen LogP) is 2.07. The Kier molecular flexibility index (Phi) is 2.79. The largest absolute Gasteiger partial charge is 0.487 e. The van der Waals surface area contributed by atoms with Gasteiger partial charge >= 0.3 is 0 Å². The maximum absolute atomic E-state index is 13.3. The second-order valence-corrected chi connectivity index (χ2v) is 5.58. The molecule has 98 valence electrons. The number of ether oxygens (including phenoxy) is 1. The fraction of sp³-hybridized carbons (Fsp3) is 0.571. The number of hydrogen-bond donors (Lipinski definition) is 1. The highest BCUT2D eigenvalue weighted by molar-refractivity contribution is 5.39. The standard InChI is InChI=1S/C14H19FN2O/c1-17-6-4-14(5-7-17)9-12(16)11-3-2-10(15)8-13(11)18-14/h2-3,8,12H,4-7,9,16H2,1H3/t12-/m1/s1. The highest BCUT2D eigenvalue weighted by Gasteiger charge is 2.41. The highest BCUT2D eigenvalue weighted by atomic mass is 19.1. The van der Waals surface area contributed by atoms with Crippen molar-refractivity contribution < 1.29 is 9.13 Å². The number of likely N-dealkylation sites (tertiary alicyclic amines) is 1. The maximum atomic E-state index is 13.3. The minimum absolute atomic E-state index is 0.0437. The van der Waals surface area contributed by atoms with Gasteiger partial charge in [0.05, 0.1) is 0 Å². The molecule has 0 aromatic heterocycles. The molecular weight excluding hydrogens is 231 g/mol. The van der Waals surface area contributed by atoms with Crippen molar-refractivity contribution in [3.63, 3.8) is 0 Å². The van der Waals surface area contributed by atoms with E-state index in [0.717, 1.165) is 37.9 Å². The third-order valence-electron chi connectivity index (χ3n) is 4.19. The van der Waals surface area contributed by atoms with Crippen LogP contribution in [0.2, 0.25) is 0 Å². The Morgan fingerprint density at radius 3 is 2.83 bits per heavy atom. The zero-order valence-electron chi connectivity index (χ0n) is 10.7. The third-order valence-corrected chi connectivity index (χ3v) is 4.19.